The van der Waals surface area contributed by atoms with Crippen molar-refractivity contribution in [3.63, 3.8) is 0 Å². The van der Waals surface area contributed by atoms with Crippen LogP contribution in [0, 0.1) is 0 Å². The Bertz CT molecular complexity index is 1210. The molecule has 0 radical (unpaired) electrons. The molecule has 1 heterocycles. The van der Waals surface area contributed by atoms with Crippen LogP contribution < -0.4 is 14.3 Å². The summed E-state index contributed by atoms with van der Waals surface area (Å²) in [4.78, 5) is 5.56. The van der Waals surface area contributed by atoms with Gasteiger partial charge in [-0.25, -0.2) is 9.67 Å². The molecule has 4 aromatic rings. The molecule has 0 spiro atoms. The van der Waals surface area contributed by atoms with Gasteiger partial charge < -0.3 is 9.47 Å². The van der Waals surface area contributed by atoms with Gasteiger partial charge in [0.05, 0.1) is 31.8 Å². The Morgan fingerprint density at radius 3 is 2.23 bits per heavy atom. The Kier molecular flexibility index (Phi) is 6.06. The maximum atomic E-state index is 5.48. The summed E-state index contributed by atoms with van der Waals surface area (Å²) < 4.78 is 12.7. The van der Waals surface area contributed by atoms with Crippen molar-refractivity contribution < 1.29 is 9.47 Å². The number of aromatic nitrogens is 1. The zero-order valence-corrected chi connectivity index (χ0v) is 17.5. The number of methoxy groups -OCH3 is 2. The lowest BCUT2D eigenvalue weighted by Gasteiger charge is -2.10. The number of hydrogen-bond acceptors (Lipinski definition) is 5. The van der Waals surface area contributed by atoms with Gasteiger partial charge in [-0.15, -0.1) is 11.3 Å². The summed E-state index contributed by atoms with van der Waals surface area (Å²) in [7, 11) is 3.26. The van der Waals surface area contributed by atoms with Gasteiger partial charge in [0.2, 0.25) is 4.80 Å². The van der Waals surface area contributed by atoms with E-state index in [1.54, 1.807) is 14.2 Å². The van der Waals surface area contributed by atoms with E-state index in [1.807, 2.05) is 95.1 Å². The van der Waals surface area contributed by atoms with Crippen LogP contribution in [0.25, 0.3) is 11.3 Å². The Morgan fingerprint density at radius 2 is 1.53 bits per heavy atom. The third kappa shape index (κ3) is 4.34. The molecule has 4 rings (SSSR count). The summed E-state index contributed by atoms with van der Waals surface area (Å²) in [6.07, 6.45) is 1.83. The fourth-order valence-electron chi connectivity index (χ4n) is 2.96. The summed E-state index contributed by atoms with van der Waals surface area (Å²) in [5.41, 5.74) is 3.77. The van der Waals surface area contributed by atoms with Crippen LogP contribution in [0.3, 0.4) is 0 Å². The molecule has 0 fully saturated rings. The Balaban J connectivity index is 1.85. The van der Waals surface area contributed by atoms with E-state index in [0.29, 0.717) is 11.5 Å². The largest absolute Gasteiger partial charge is 0.493 e. The summed E-state index contributed by atoms with van der Waals surface area (Å²) in [5, 5.41) is 6.79. The number of nitrogens with zero attached hydrogens (tertiary/aromatic N) is 3. The zero-order chi connectivity index (χ0) is 20.8. The second-order valence-electron chi connectivity index (χ2n) is 6.39. The molecule has 0 atom stereocenters. The van der Waals surface area contributed by atoms with Gasteiger partial charge in [-0.2, -0.15) is 5.10 Å². The van der Waals surface area contributed by atoms with Crippen molar-refractivity contribution in [3.8, 4) is 22.8 Å². The van der Waals surface area contributed by atoms with Crippen LogP contribution in [0.5, 0.6) is 11.5 Å². The Hall–Kier alpha value is -3.64. The predicted octanol–water partition coefficient (Wildman–Crippen LogP) is 5.35. The fraction of sp³-hybridized carbons (Fsp3) is 0.0833. The minimum Gasteiger partial charge on any atom is -0.493 e. The highest BCUT2D eigenvalue weighted by atomic mass is 32.1. The molecule has 0 unspecified atom stereocenters. The standard InChI is InChI=1S/C24H21N3O2S/c1-28-22-14-13-19(15-23(22)29-2)21-17-30-24(26-20-11-7-4-8-12-20)27(21)25-16-18-9-5-3-6-10-18/h3-17H,1-2H3/b25-16+,26-24?. The van der Waals surface area contributed by atoms with E-state index >= 15 is 0 Å². The minimum atomic E-state index is 0.668. The lowest BCUT2D eigenvalue weighted by Crippen LogP contribution is -2.11. The molecule has 3 aromatic carbocycles. The highest BCUT2D eigenvalue weighted by Gasteiger charge is 2.11. The number of para-hydroxylation sites is 1. The third-order valence-corrected chi connectivity index (χ3v) is 5.28. The second kappa shape index (κ2) is 9.24. The fourth-order valence-corrected chi connectivity index (χ4v) is 3.82. The molecule has 150 valence electrons. The van der Waals surface area contributed by atoms with Gasteiger partial charge in [0.25, 0.3) is 0 Å². The zero-order valence-electron chi connectivity index (χ0n) is 16.7. The van der Waals surface area contributed by atoms with Crippen molar-refractivity contribution in [2.24, 2.45) is 10.1 Å². The Labute approximate surface area is 179 Å². The van der Waals surface area contributed by atoms with E-state index in [2.05, 4.69) is 0 Å². The maximum Gasteiger partial charge on any atom is 0.211 e. The number of ether oxygens (including phenoxy) is 2. The van der Waals surface area contributed by atoms with Gasteiger partial charge in [-0.1, -0.05) is 48.5 Å². The van der Waals surface area contributed by atoms with Gasteiger partial charge >= 0.3 is 0 Å². The third-order valence-electron chi connectivity index (χ3n) is 4.47. The molecule has 5 nitrogen and oxygen atoms in total. The van der Waals surface area contributed by atoms with Crippen molar-refractivity contribution in [3.05, 3.63) is 94.6 Å². The van der Waals surface area contributed by atoms with Gasteiger partial charge in [0, 0.05) is 10.9 Å². The first kappa shape index (κ1) is 19.7. The Morgan fingerprint density at radius 1 is 0.833 bits per heavy atom. The molecule has 1 aromatic heterocycles. The topological polar surface area (TPSA) is 48.1 Å². The van der Waals surface area contributed by atoms with Gasteiger partial charge in [-0.05, 0) is 35.9 Å². The van der Waals surface area contributed by atoms with E-state index in [9.17, 15) is 0 Å². The van der Waals surface area contributed by atoms with E-state index in [1.165, 1.54) is 11.3 Å². The quantitative estimate of drug-likeness (QED) is 0.399. The molecule has 0 aliphatic rings. The summed E-state index contributed by atoms with van der Waals surface area (Å²) in [5.74, 6) is 1.35. The van der Waals surface area contributed by atoms with Crippen LogP contribution in [-0.4, -0.2) is 25.1 Å². The minimum absolute atomic E-state index is 0.668. The first-order chi connectivity index (χ1) is 14.8. The van der Waals surface area contributed by atoms with Crippen LogP contribution in [0.1, 0.15) is 5.56 Å². The highest BCUT2D eigenvalue weighted by molar-refractivity contribution is 7.07. The van der Waals surface area contributed by atoms with Crippen molar-refractivity contribution in [2.75, 3.05) is 14.2 Å². The van der Waals surface area contributed by atoms with Crippen LogP contribution >= 0.6 is 11.3 Å². The van der Waals surface area contributed by atoms with Gasteiger partial charge in [-0.3, -0.25) is 0 Å². The van der Waals surface area contributed by atoms with Crippen molar-refractivity contribution >= 4 is 23.2 Å². The van der Waals surface area contributed by atoms with Crippen LogP contribution in [0.15, 0.2) is 94.3 Å². The normalized spacial score (nSPS) is 11.7. The first-order valence-electron chi connectivity index (χ1n) is 9.40. The van der Waals surface area contributed by atoms with Crippen molar-refractivity contribution in [1.82, 2.24) is 4.68 Å². The molecule has 0 bridgehead atoms. The van der Waals surface area contributed by atoms with Crippen molar-refractivity contribution in [1.29, 1.82) is 0 Å². The summed E-state index contributed by atoms with van der Waals surface area (Å²) >= 11 is 1.53. The van der Waals surface area contributed by atoms with E-state index in [0.717, 1.165) is 27.3 Å². The van der Waals surface area contributed by atoms with E-state index in [-0.39, 0.29) is 0 Å². The molecule has 0 N–H and O–H groups in total. The predicted molar refractivity (Wildman–Crippen MR) is 122 cm³/mol. The number of benzene rings is 3. The summed E-state index contributed by atoms with van der Waals surface area (Å²) in [6.45, 7) is 0. The van der Waals surface area contributed by atoms with Crippen LogP contribution in [-0.2, 0) is 0 Å². The molecule has 6 heteroatoms. The summed E-state index contributed by atoms with van der Waals surface area (Å²) in [6, 6.07) is 25.7. The average Bonchev–Trinajstić information content (AvgIpc) is 3.20. The number of thiazole rings is 1. The molecular weight excluding hydrogens is 394 g/mol. The first-order valence-corrected chi connectivity index (χ1v) is 10.3. The molecule has 0 aliphatic carbocycles. The lowest BCUT2D eigenvalue weighted by atomic mass is 10.1. The lowest BCUT2D eigenvalue weighted by molar-refractivity contribution is 0.355. The molecule has 0 amide bonds. The smallest absolute Gasteiger partial charge is 0.211 e. The van der Waals surface area contributed by atoms with Gasteiger partial charge in [0.1, 0.15) is 0 Å². The maximum absolute atomic E-state index is 5.48. The van der Waals surface area contributed by atoms with E-state index in [4.69, 9.17) is 19.6 Å². The van der Waals surface area contributed by atoms with Crippen LogP contribution in [0.4, 0.5) is 5.69 Å². The van der Waals surface area contributed by atoms with Crippen molar-refractivity contribution in [2.45, 2.75) is 0 Å². The van der Waals surface area contributed by atoms with Gasteiger partial charge in [0.15, 0.2) is 11.5 Å². The van der Waals surface area contributed by atoms with E-state index < -0.39 is 0 Å². The highest BCUT2D eigenvalue weighted by Crippen LogP contribution is 2.32. The monoisotopic (exact) mass is 415 g/mol. The number of rotatable bonds is 6. The molecule has 0 saturated carbocycles. The molecule has 0 aliphatic heterocycles. The molecular formula is C24H21N3O2S. The van der Waals surface area contributed by atoms with Crippen LogP contribution in [0.2, 0.25) is 0 Å². The second-order valence-corrected chi connectivity index (χ2v) is 7.22. The SMILES string of the molecule is COc1ccc(-c2csc(=Nc3ccccc3)n2/N=C/c2ccccc2)cc1OC. The molecule has 0 saturated heterocycles. The number of hydrogen-bond donors (Lipinski definition) is 0. The average molecular weight is 416 g/mol. The molecule has 30 heavy (non-hydrogen) atoms.